The van der Waals surface area contributed by atoms with Gasteiger partial charge in [-0.15, -0.1) is 0 Å². The predicted molar refractivity (Wildman–Crippen MR) is 102 cm³/mol. The largest absolute Gasteiger partial charge is 0.493 e. The third kappa shape index (κ3) is 3.77. The van der Waals surface area contributed by atoms with Crippen LogP contribution in [0.5, 0.6) is 23.0 Å². The van der Waals surface area contributed by atoms with Crippen molar-refractivity contribution in [3.63, 3.8) is 0 Å². The van der Waals surface area contributed by atoms with Gasteiger partial charge in [0.2, 0.25) is 0 Å². The second kappa shape index (κ2) is 8.13. The van der Waals surface area contributed by atoms with Gasteiger partial charge in [0.1, 0.15) is 13.1 Å². The van der Waals surface area contributed by atoms with Gasteiger partial charge in [-0.05, 0) is 35.4 Å². The normalized spacial score (nSPS) is 12.8. The van der Waals surface area contributed by atoms with Crippen LogP contribution in [0.15, 0.2) is 30.3 Å². The molecule has 2 aromatic rings. The predicted octanol–water partition coefficient (Wildman–Crippen LogP) is 2.95. The number of methoxy groups -OCH3 is 4. The molecule has 0 saturated heterocycles. The second-order valence-corrected chi connectivity index (χ2v) is 6.26. The molecule has 2 aromatic carbocycles. The number of hydrogen-bond acceptors (Lipinski definition) is 4. The van der Waals surface area contributed by atoms with E-state index in [2.05, 4.69) is 29.0 Å². The highest BCUT2D eigenvalue weighted by Gasteiger charge is 2.19. The lowest BCUT2D eigenvalue weighted by Crippen LogP contribution is -2.24. The molecule has 5 nitrogen and oxygen atoms in total. The molecule has 1 heterocycles. The minimum Gasteiger partial charge on any atom is -0.493 e. The Bertz CT molecular complexity index is 814. The highest BCUT2D eigenvalue weighted by molar-refractivity contribution is 5.80. The summed E-state index contributed by atoms with van der Waals surface area (Å²) in [7, 11) is 6.66. The summed E-state index contributed by atoms with van der Waals surface area (Å²) in [5, 5.41) is 0. The summed E-state index contributed by atoms with van der Waals surface area (Å²) in [6.45, 7) is 1.94. The molecule has 0 bridgehead atoms. The summed E-state index contributed by atoms with van der Waals surface area (Å²) in [5.74, 6) is 3.09. The van der Waals surface area contributed by atoms with Crippen molar-refractivity contribution in [1.29, 1.82) is 0 Å². The first-order valence-corrected chi connectivity index (χ1v) is 8.73. The van der Waals surface area contributed by atoms with Crippen molar-refractivity contribution < 1.29 is 23.5 Å². The first-order chi connectivity index (χ1) is 12.7. The molecule has 0 spiro atoms. The zero-order valence-electron chi connectivity index (χ0n) is 15.9. The Labute approximate surface area is 154 Å². The molecule has 0 aliphatic carbocycles. The van der Waals surface area contributed by atoms with Crippen LogP contribution in [0.4, 0.5) is 0 Å². The quantitative estimate of drug-likeness (QED) is 0.715. The monoisotopic (exact) mass is 356 g/mol. The third-order valence-electron chi connectivity index (χ3n) is 4.77. The molecule has 0 amide bonds. The smallest absolute Gasteiger partial charge is 0.171 e. The van der Waals surface area contributed by atoms with Gasteiger partial charge in [0.25, 0.3) is 0 Å². The summed E-state index contributed by atoms with van der Waals surface area (Å²) in [6.07, 6.45) is 4.15. The van der Waals surface area contributed by atoms with Crippen LogP contribution in [0.3, 0.4) is 0 Å². The van der Waals surface area contributed by atoms with Crippen molar-refractivity contribution in [2.24, 2.45) is 0 Å². The van der Waals surface area contributed by atoms with E-state index >= 15 is 0 Å². The van der Waals surface area contributed by atoms with Gasteiger partial charge < -0.3 is 18.9 Å². The Morgan fingerprint density at radius 1 is 0.808 bits per heavy atom. The fraction of sp³-hybridized carbons (Fsp3) is 0.381. The van der Waals surface area contributed by atoms with Gasteiger partial charge in [-0.25, -0.2) is 4.58 Å². The SMILES string of the molecule is COc1ccc(CC[N+]2=Cc3cc(OC)c(OC)cc3CC2)cc1OC. The van der Waals surface area contributed by atoms with E-state index in [0.717, 1.165) is 48.9 Å². The van der Waals surface area contributed by atoms with Crippen LogP contribution in [0.1, 0.15) is 16.7 Å². The van der Waals surface area contributed by atoms with E-state index in [1.165, 1.54) is 16.7 Å². The lowest BCUT2D eigenvalue weighted by molar-refractivity contribution is -0.523. The molecule has 0 radical (unpaired) electrons. The van der Waals surface area contributed by atoms with Crippen molar-refractivity contribution in [1.82, 2.24) is 0 Å². The van der Waals surface area contributed by atoms with Gasteiger partial charge in [0.15, 0.2) is 29.2 Å². The van der Waals surface area contributed by atoms with E-state index in [1.807, 2.05) is 12.1 Å². The van der Waals surface area contributed by atoms with Gasteiger partial charge in [-0.1, -0.05) is 6.07 Å². The molecule has 5 heteroatoms. The Balaban J connectivity index is 1.75. The van der Waals surface area contributed by atoms with Gasteiger partial charge >= 0.3 is 0 Å². The summed E-state index contributed by atoms with van der Waals surface area (Å²) in [4.78, 5) is 0. The average molecular weight is 356 g/mol. The van der Waals surface area contributed by atoms with E-state index in [1.54, 1.807) is 28.4 Å². The maximum absolute atomic E-state index is 5.42. The van der Waals surface area contributed by atoms with E-state index in [9.17, 15) is 0 Å². The summed E-state index contributed by atoms with van der Waals surface area (Å²) in [6, 6.07) is 10.2. The molecule has 1 aliphatic heterocycles. The summed E-state index contributed by atoms with van der Waals surface area (Å²) < 4.78 is 23.9. The van der Waals surface area contributed by atoms with Crippen LogP contribution < -0.4 is 18.9 Å². The second-order valence-electron chi connectivity index (χ2n) is 6.26. The van der Waals surface area contributed by atoms with Crippen molar-refractivity contribution in [3.05, 3.63) is 47.0 Å². The molecule has 3 rings (SSSR count). The number of fused-ring (bicyclic) bond motifs is 1. The van der Waals surface area contributed by atoms with Crippen LogP contribution >= 0.6 is 0 Å². The van der Waals surface area contributed by atoms with E-state index in [-0.39, 0.29) is 0 Å². The first-order valence-electron chi connectivity index (χ1n) is 8.73. The lowest BCUT2D eigenvalue weighted by Gasteiger charge is -2.16. The number of nitrogens with zero attached hydrogens (tertiary/aromatic N) is 1. The summed E-state index contributed by atoms with van der Waals surface area (Å²) >= 11 is 0. The Hall–Kier alpha value is -2.69. The average Bonchev–Trinajstić information content (AvgIpc) is 2.70. The van der Waals surface area contributed by atoms with Crippen LogP contribution in [0.25, 0.3) is 0 Å². The molecular formula is C21H26NO4+. The molecule has 0 aromatic heterocycles. The van der Waals surface area contributed by atoms with Gasteiger partial charge in [-0.3, -0.25) is 0 Å². The summed E-state index contributed by atoms with van der Waals surface area (Å²) in [5.41, 5.74) is 3.72. The minimum atomic E-state index is 0.760. The van der Waals surface area contributed by atoms with Crippen LogP contribution in [0, 0.1) is 0 Å². The molecule has 0 fully saturated rings. The topological polar surface area (TPSA) is 39.9 Å². The lowest BCUT2D eigenvalue weighted by atomic mass is 10.0. The van der Waals surface area contributed by atoms with Crippen molar-refractivity contribution in [2.45, 2.75) is 12.8 Å². The third-order valence-corrected chi connectivity index (χ3v) is 4.77. The highest BCUT2D eigenvalue weighted by atomic mass is 16.5. The number of ether oxygens (including phenoxy) is 4. The molecular weight excluding hydrogens is 330 g/mol. The van der Waals surface area contributed by atoms with Crippen molar-refractivity contribution >= 4 is 6.21 Å². The zero-order valence-corrected chi connectivity index (χ0v) is 15.9. The molecule has 138 valence electrons. The maximum atomic E-state index is 5.42. The van der Waals surface area contributed by atoms with Gasteiger partial charge in [-0.2, -0.15) is 0 Å². The van der Waals surface area contributed by atoms with Crippen LogP contribution in [-0.4, -0.2) is 52.3 Å². The van der Waals surface area contributed by atoms with Crippen molar-refractivity contribution in [3.8, 4) is 23.0 Å². The Morgan fingerprint density at radius 3 is 2.15 bits per heavy atom. The van der Waals surface area contributed by atoms with Gasteiger partial charge in [0.05, 0.1) is 28.4 Å². The molecule has 0 atom stereocenters. The maximum Gasteiger partial charge on any atom is 0.171 e. The standard InChI is InChI=1S/C21H26NO4/c1-23-18-6-5-15(11-19(18)24-2)7-9-22-10-8-16-12-20(25-3)21(26-4)13-17(16)14-22/h5-6,11-14H,7-10H2,1-4H3/q+1. The minimum absolute atomic E-state index is 0.760. The Kier molecular flexibility index (Phi) is 5.66. The molecule has 1 aliphatic rings. The fourth-order valence-corrected chi connectivity index (χ4v) is 3.28. The van der Waals surface area contributed by atoms with E-state index in [4.69, 9.17) is 18.9 Å². The van der Waals surface area contributed by atoms with Crippen molar-refractivity contribution in [2.75, 3.05) is 41.5 Å². The molecule has 0 N–H and O–H groups in total. The Morgan fingerprint density at radius 2 is 1.46 bits per heavy atom. The van der Waals surface area contributed by atoms with Gasteiger partial charge in [0, 0.05) is 18.4 Å². The van der Waals surface area contributed by atoms with Crippen LogP contribution in [-0.2, 0) is 12.8 Å². The molecule has 0 unspecified atom stereocenters. The zero-order chi connectivity index (χ0) is 18.5. The fourth-order valence-electron chi connectivity index (χ4n) is 3.28. The highest BCUT2D eigenvalue weighted by Crippen LogP contribution is 2.31. The number of benzene rings is 2. The van der Waals surface area contributed by atoms with Crippen LogP contribution in [0.2, 0.25) is 0 Å². The van der Waals surface area contributed by atoms with E-state index in [0.29, 0.717) is 0 Å². The molecule has 26 heavy (non-hydrogen) atoms. The van der Waals surface area contributed by atoms with E-state index < -0.39 is 0 Å². The number of rotatable bonds is 7. The molecule has 0 saturated carbocycles. The first kappa shape index (κ1) is 18.1. The number of hydrogen-bond donors (Lipinski definition) is 0.